The fourth-order valence-electron chi connectivity index (χ4n) is 1.84. The van der Waals surface area contributed by atoms with Crippen LogP contribution in [0.2, 0.25) is 0 Å². The van der Waals surface area contributed by atoms with Crippen molar-refractivity contribution in [3.05, 3.63) is 41.7 Å². The Hall–Kier alpha value is -2.70. The Labute approximate surface area is 116 Å². The topological polar surface area (TPSA) is 97.7 Å². The first-order valence-electron chi connectivity index (χ1n) is 6.01. The van der Waals surface area contributed by atoms with Gasteiger partial charge in [-0.15, -0.1) is 0 Å². The standard InChI is InChI=1S/C13H17N5O2/c1-18-8-10(7-16-18)15-6-9-3-4-12(20-2)11(5-9)13(14)17-19/h3-5,7-8,15,19H,6H2,1-2H3,(H2,14,17). The van der Waals surface area contributed by atoms with E-state index in [0.717, 1.165) is 11.3 Å². The molecule has 7 nitrogen and oxygen atoms in total. The maximum Gasteiger partial charge on any atom is 0.173 e. The van der Waals surface area contributed by atoms with Crippen molar-refractivity contribution < 1.29 is 9.94 Å². The summed E-state index contributed by atoms with van der Waals surface area (Å²) >= 11 is 0. The van der Waals surface area contributed by atoms with Gasteiger partial charge in [0, 0.05) is 19.8 Å². The van der Waals surface area contributed by atoms with Gasteiger partial charge in [-0.25, -0.2) is 0 Å². The second-order valence-electron chi connectivity index (χ2n) is 4.28. The van der Waals surface area contributed by atoms with E-state index >= 15 is 0 Å². The Balaban J connectivity index is 2.16. The van der Waals surface area contributed by atoms with E-state index in [-0.39, 0.29) is 5.84 Å². The minimum absolute atomic E-state index is 0.0186. The first-order valence-corrected chi connectivity index (χ1v) is 6.01. The van der Waals surface area contributed by atoms with E-state index in [1.54, 1.807) is 16.9 Å². The van der Waals surface area contributed by atoms with Crippen molar-refractivity contribution >= 4 is 11.5 Å². The molecule has 1 aromatic heterocycles. The lowest BCUT2D eigenvalue weighted by atomic mass is 10.1. The van der Waals surface area contributed by atoms with Crippen molar-refractivity contribution in [1.82, 2.24) is 9.78 Å². The Bertz CT molecular complexity index is 621. The van der Waals surface area contributed by atoms with Crippen molar-refractivity contribution in [3.63, 3.8) is 0 Å². The van der Waals surface area contributed by atoms with E-state index in [1.807, 2.05) is 25.4 Å². The number of aromatic nitrogens is 2. The molecule has 2 aromatic rings. The van der Waals surface area contributed by atoms with Crippen LogP contribution in [0.5, 0.6) is 5.75 Å². The van der Waals surface area contributed by atoms with Crippen molar-refractivity contribution in [3.8, 4) is 5.75 Å². The zero-order valence-electron chi connectivity index (χ0n) is 11.4. The molecule has 20 heavy (non-hydrogen) atoms. The van der Waals surface area contributed by atoms with Crippen LogP contribution in [0.15, 0.2) is 35.7 Å². The zero-order chi connectivity index (χ0) is 14.5. The van der Waals surface area contributed by atoms with Crippen molar-refractivity contribution in [2.45, 2.75) is 6.54 Å². The number of nitrogens with two attached hydrogens (primary N) is 1. The van der Waals surface area contributed by atoms with Gasteiger partial charge in [0.25, 0.3) is 0 Å². The molecular formula is C13H17N5O2. The number of nitrogens with zero attached hydrogens (tertiary/aromatic N) is 3. The highest BCUT2D eigenvalue weighted by atomic mass is 16.5. The highest BCUT2D eigenvalue weighted by molar-refractivity contribution is 5.99. The molecule has 7 heteroatoms. The summed E-state index contributed by atoms with van der Waals surface area (Å²) in [6, 6.07) is 5.52. The van der Waals surface area contributed by atoms with Crippen molar-refractivity contribution in [2.75, 3.05) is 12.4 Å². The van der Waals surface area contributed by atoms with Crippen LogP contribution in [-0.2, 0) is 13.6 Å². The first kappa shape index (κ1) is 13.7. The number of amidine groups is 1. The highest BCUT2D eigenvalue weighted by Gasteiger charge is 2.09. The van der Waals surface area contributed by atoms with Crippen molar-refractivity contribution in [2.24, 2.45) is 17.9 Å². The van der Waals surface area contributed by atoms with E-state index in [0.29, 0.717) is 17.9 Å². The van der Waals surface area contributed by atoms with Crippen LogP contribution in [-0.4, -0.2) is 27.9 Å². The maximum absolute atomic E-state index is 8.79. The fourth-order valence-corrected chi connectivity index (χ4v) is 1.84. The molecule has 2 rings (SSSR count). The molecule has 106 valence electrons. The zero-order valence-corrected chi connectivity index (χ0v) is 11.4. The molecule has 4 N–H and O–H groups in total. The third-order valence-corrected chi connectivity index (χ3v) is 2.85. The van der Waals surface area contributed by atoms with E-state index in [4.69, 9.17) is 15.7 Å². The van der Waals surface area contributed by atoms with Crippen LogP contribution in [0.4, 0.5) is 5.69 Å². The normalized spacial score (nSPS) is 11.4. The Morgan fingerprint density at radius 1 is 1.55 bits per heavy atom. The van der Waals surface area contributed by atoms with Gasteiger partial charge in [0.2, 0.25) is 0 Å². The molecular weight excluding hydrogens is 258 g/mol. The molecule has 0 aliphatic rings. The minimum atomic E-state index is 0.0186. The van der Waals surface area contributed by atoms with Gasteiger partial charge in [-0.3, -0.25) is 4.68 Å². The quantitative estimate of drug-likeness (QED) is 0.329. The lowest BCUT2D eigenvalue weighted by Gasteiger charge is -2.10. The van der Waals surface area contributed by atoms with Crippen molar-refractivity contribution in [1.29, 1.82) is 0 Å². The SMILES string of the molecule is COc1ccc(CNc2cnn(C)c2)cc1C(N)=NO. The molecule has 0 unspecified atom stereocenters. The average molecular weight is 275 g/mol. The fraction of sp³-hybridized carbons (Fsp3) is 0.231. The summed E-state index contributed by atoms with van der Waals surface area (Å²) in [6.45, 7) is 0.599. The van der Waals surface area contributed by atoms with E-state index in [9.17, 15) is 0 Å². The molecule has 0 saturated heterocycles. The predicted molar refractivity (Wildman–Crippen MR) is 76.0 cm³/mol. The summed E-state index contributed by atoms with van der Waals surface area (Å²) in [5, 5.41) is 19.1. The lowest BCUT2D eigenvalue weighted by Crippen LogP contribution is -2.15. The summed E-state index contributed by atoms with van der Waals surface area (Å²) in [7, 11) is 3.39. The smallest absolute Gasteiger partial charge is 0.173 e. The number of benzene rings is 1. The van der Waals surface area contributed by atoms with Crippen LogP contribution in [0, 0.1) is 0 Å². The maximum atomic E-state index is 8.79. The molecule has 0 saturated carbocycles. The highest BCUT2D eigenvalue weighted by Crippen LogP contribution is 2.20. The lowest BCUT2D eigenvalue weighted by molar-refractivity contribution is 0.318. The average Bonchev–Trinajstić information content (AvgIpc) is 2.89. The van der Waals surface area contributed by atoms with Crippen LogP contribution in [0.25, 0.3) is 0 Å². The van der Waals surface area contributed by atoms with E-state index < -0.39 is 0 Å². The number of hydrogen-bond donors (Lipinski definition) is 3. The van der Waals surface area contributed by atoms with Gasteiger partial charge in [0.1, 0.15) is 5.75 Å². The summed E-state index contributed by atoms with van der Waals surface area (Å²) in [5.41, 5.74) is 8.10. The van der Waals surface area contributed by atoms with Gasteiger partial charge in [-0.2, -0.15) is 5.10 Å². The van der Waals surface area contributed by atoms with Gasteiger partial charge in [-0.1, -0.05) is 11.2 Å². The molecule has 1 heterocycles. The molecule has 0 fully saturated rings. The second kappa shape index (κ2) is 5.96. The van der Waals surface area contributed by atoms with Gasteiger partial charge in [-0.05, 0) is 17.7 Å². The molecule has 0 aliphatic heterocycles. The van der Waals surface area contributed by atoms with Gasteiger partial charge >= 0.3 is 0 Å². The largest absolute Gasteiger partial charge is 0.496 e. The molecule has 0 radical (unpaired) electrons. The van der Waals surface area contributed by atoms with Gasteiger partial charge in [0.05, 0.1) is 24.6 Å². The summed E-state index contributed by atoms with van der Waals surface area (Å²) < 4.78 is 6.90. The Morgan fingerprint density at radius 2 is 2.35 bits per heavy atom. The number of anilines is 1. The van der Waals surface area contributed by atoms with Crippen LogP contribution in [0.1, 0.15) is 11.1 Å². The van der Waals surface area contributed by atoms with Gasteiger partial charge < -0.3 is 21.0 Å². The minimum Gasteiger partial charge on any atom is -0.496 e. The molecule has 0 bridgehead atoms. The summed E-state index contributed by atoms with van der Waals surface area (Å²) in [4.78, 5) is 0. The van der Waals surface area contributed by atoms with Crippen LogP contribution in [0.3, 0.4) is 0 Å². The Morgan fingerprint density at radius 3 is 2.95 bits per heavy atom. The molecule has 1 aromatic carbocycles. The third kappa shape index (κ3) is 3.00. The Kier molecular flexibility index (Phi) is 4.09. The summed E-state index contributed by atoms with van der Waals surface area (Å²) in [6.07, 6.45) is 3.63. The molecule has 0 amide bonds. The number of ether oxygens (including phenoxy) is 1. The van der Waals surface area contributed by atoms with Gasteiger partial charge in [0.15, 0.2) is 5.84 Å². The third-order valence-electron chi connectivity index (χ3n) is 2.85. The van der Waals surface area contributed by atoms with Crippen LogP contribution < -0.4 is 15.8 Å². The van der Waals surface area contributed by atoms with E-state index in [2.05, 4.69) is 15.6 Å². The molecule has 0 atom stereocenters. The van der Waals surface area contributed by atoms with E-state index in [1.165, 1.54) is 7.11 Å². The second-order valence-corrected chi connectivity index (χ2v) is 4.28. The number of nitrogens with one attached hydrogen (secondary N) is 1. The number of oxime groups is 1. The summed E-state index contributed by atoms with van der Waals surface area (Å²) in [5.74, 6) is 0.579. The predicted octanol–water partition coefficient (Wildman–Crippen LogP) is 1.14. The molecule has 0 spiro atoms. The number of aryl methyl sites for hydroxylation is 1. The molecule has 0 aliphatic carbocycles. The number of rotatable bonds is 5. The first-order chi connectivity index (χ1) is 9.63. The number of hydrogen-bond acceptors (Lipinski definition) is 5. The van der Waals surface area contributed by atoms with Crippen LogP contribution >= 0.6 is 0 Å². The monoisotopic (exact) mass is 275 g/mol. The number of methoxy groups -OCH3 is 1.